The molecule has 0 aliphatic heterocycles. The van der Waals surface area contributed by atoms with Gasteiger partial charge in [-0.3, -0.25) is 4.79 Å². The Kier molecular flexibility index (Phi) is 5.72. The van der Waals surface area contributed by atoms with Gasteiger partial charge in [0.05, 0.1) is 6.42 Å². The van der Waals surface area contributed by atoms with Crippen LogP contribution in [-0.4, -0.2) is 16.1 Å². The van der Waals surface area contributed by atoms with E-state index in [4.69, 9.17) is 0 Å². The zero-order valence-electron chi connectivity index (χ0n) is 12.9. The largest absolute Gasteiger partial charge is 0.300 e. The number of benzene rings is 2. The predicted octanol–water partition coefficient (Wildman–Crippen LogP) is 4.29. The number of nitrogens with one attached hydrogen (secondary N) is 1. The van der Waals surface area contributed by atoms with E-state index in [2.05, 4.69) is 15.5 Å². The van der Waals surface area contributed by atoms with Crippen LogP contribution < -0.4 is 5.32 Å². The average Bonchev–Trinajstić information content (AvgIpc) is 3.04. The highest BCUT2D eigenvalue weighted by Gasteiger charge is 2.10. The lowest BCUT2D eigenvalue weighted by atomic mass is 10.1. The predicted molar refractivity (Wildman–Crippen MR) is 94.6 cm³/mol. The van der Waals surface area contributed by atoms with E-state index in [1.54, 1.807) is 24.3 Å². The molecular weight excluding hydrogens is 364 g/mol. The van der Waals surface area contributed by atoms with Crippen molar-refractivity contribution >= 4 is 34.1 Å². The van der Waals surface area contributed by atoms with E-state index in [0.29, 0.717) is 20.8 Å². The third-order valence-electron chi connectivity index (χ3n) is 3.21. The summed E-state index contributed by atoms with van der Waals surface area (Å²) in [6, 6.07) is 12.0. The number of thioether (sulfide) groups is 1. The summed E-state index contributed by atoms with van der Waals surface area (Å²) in [5.41, 5.74) is 1.69. The van der Waals surface area contributed by atoms with E-state index >= 15 is 0 Å². The number of amides is 1. The Bertz CT molecular complexity index is 851. The second-order valence-corrected chi connectivity index (χ2v) is 7.34. The summed E-state index contributed by atoms with van der Waals surface area (Å²) in [4.78, 5) is 12.0. The highest BCUT2D eigenvalue weighted by molar-refractivity contribution is 8.00. The first-order chi connectivity index (χ1) is 12.1. The van der Waals surface area contributed by atoms with Crippen molar-refractivity contribution in [3.05, 3.63) is 71.3 Å². The van der Waals surface area contributed by atoms with E-state index in [9.17, 15) is 13.6 Å². The van der Waals surface area contributed by atoms with E-state index in [0.717, 1.165) is 5.56 Å². The molecule has 0 aliphatic carbocycles. The quantitative estimate of drug-likeness (QED) is 0.514. The Balaban J connectivity index is 1.51. The van der Waals surface area contributed by atoms with E-state index in [1.807, 2.05) is 0 Å². The van der Waals surface area contributed by atoms with Crippen LogP contribution in [0, 0.1) is 11.6 Å². The molecule has 0 spiro atoms. The molecule has 1 N–H and O–H groups in total. The number of carbonyl (C=O) groups is 1. The number of anilines is 1. The molecule has 2 aromatic carbocycles. The summed E-state index contributed by atoms with van der Waals surface area (Å²) in [5.74, 6) is -0.205. The molecule has 1 aromatic heterocycles. The number of carbonyl (C=O) groups excluding carboxylic acids is 1. The lowest BCUT2D eigenvalue weighted by Crippen LogP contribution is -2.14. The van der Waals surface area contributed by atoms with Crippen LogP contribution in [0.3, 0.4) is 0 Å². The molecule has 0 unspecified atom stereocenters. The zero-order chi connectivity index (χ0) is 17.6. The van der Waals surface area contributed by atoms with Crippen molar-refractivity contribution in [2.75, 3.05) is 5.32 Å². The van der Waals surface area contributed by atoms with Crippen molar-refractivity contribution in [1.29, 1.82) is 0 Å². The fourth-order valence-electron chi connectivity index (χ4n) is 2.00. The lowest BCUT2D eigenvalue weighted by Gasteiger charge is -2.01. The highest BCUT2D eigenvalue weighted by atomic mass is 32.2. The van der Waals surface area contributed by atoms with Crippen molar-refractivity contribution in [3.63, 3.8) is 0 Å². The number of hydrogen-bond acceptors (Lipinski definition) is 5. The molecule has 0 aliphatic rings. The minimum absolute atomic E-state index is 0.137. The first-order valence-electron chi connectivity index (χ1n) is 7.33. The van der Waals surface area contributed by atoms with Crippen LogP contribution in [0.2, 0.25) is 0 Å². The first kappa shape index (κ1) is 17.5. The molecule has 4 nitrogen and oxygen atoms in total. The van der Waals surface area contributed by atoms with Gasteiger partial charge in [-0.25, -0.2) is 8.78 Å². The molecule has 0 saturated heterocycles. The minimum Gasteiger partial charge on any atom is -0.300 e. The molecule has 1 heterocycles. The van der Waals surface area contributed by atoms with Crippen LogP contribution in [0.4, 0.5) is 13.9 Å². The molecule has 0 radical (unpaired) electrons. The maximum Gasteiger partial charge on any atom is 0.230 e. The Morgan fingerprint density at radius 3 is 2.20 bits per heavy atom. The van der Waals surface area contributed by atoms with Gasteiger partial charge in [0.1, 0.15) is 11.6 Å². The minimum atomic E-state index is -0.337. The van der Waals surface area contributed by atoms with Crippen LogP contribution >= 0.6 is 23.1 Å². The average molecular weight is 377 g/mol. The van der Waals surface area contributed by atoms with Gasteiger partial charge in [-0.2, -0.15) is 0 Å². The highest BCUT2D eigenvalue weighted by Crippen LogP contribution is 2.28. The summed E-state index contributed by atoms with van der Waals surface area (Å²) in [5, 5.41) is 11.0. The van der Waals surface area contributed by atoms with Crippen LogP contribution in [0.1, 0.15) is 11.1 Å². The summed E-state index contributed by atoms with van der Waals surface area (Å²) in [7, 11) is 0. The summed E-state index contributed by atoms with van der Waals surface area (Å²) < 4.78 is 26.4. The normalized spacial score (nSPS) is 10.6. The lowest BCUT2D eigenvalue weighted by molar-refractivity contribution is -0.115. The first-order valence-corrected chi connectivity index (χ1v) is 9.14. The van der Waals surface area contributed by atoms with Crippen molar-refractivity contribution in [2.45, 2.75) is 16.5 Å². The van der Waals surface area contributed by atoms with Gasteiger partial charge in [0.2, 0.25) is 11.0 Å². The molecule has 0 bridgehead atoms. The Morgan fingerprint density at radius 2 is 1.56 bits per heavy atom. The van der Waals surface area contributed by atoms with Gasteiger partial charge in [0.15, 0.2) is 4.34 Å². The monoisotopic (exact) mass is 377 g/mol. The third-order valence-corrected chi connectivity index (χ3v) is 5.25. The third kappa shape index (κ3) is 5.33. The molecule has 3 rings (SSSR count). The molecule has 0 saturated carbocycles. The van der Waals surface area contributed by atoms with Crippen molar-refractivity contribution in [1.82, 2.24) is 10.2 Å². The molecule has 128 valence electrons. The van der Waals surface area contributed by atoms with Crippen molar-refractivity contribution in [3.8, 4) is 0 Å². The zero-order valence-corrected chi connectivity index (χ0v) is 14.5. The van der Waals surface area contributed by atoms with Crippen LogP contribution in [0.15, 0.2) is 52.9 Å². The van der Waals surface area contributed by atoms with Gasteiger partial charge in [0.25, 0.3) is 0 Å². The molecular formula is C17H13F2N3OS2. The van der Waals surface area contributed by atoms with Crippen LogP contribution in [0.5, 0.6) is 0 Å². The van der Waals surface area contributed by atoms with E-state index in [1.165, 1.54) is 47.4 Å². The maximum absolute atomic E-state index is 12.9. The Hall–Kier alpha value is -2.32. The van der Waals surface area contributed by atoms with E-state index in [-0.39, 0.29) is 24.0 Å². The van der Waals surface area contributed by atoms with Gasteiger partial charge in [-0.1, -0.05) is 47.4 Å². The number of rotatable bonds is 6. The molecule has 1 amide bonds. The molecule has 8 heteroatoms. The number of hydrogen-bond donors (Lipinski definition) is 1. The van der Waals surface area contributed by atoms with Crippen LogP contribution in [0.25, 0.3) is 0 Å². The SMILES string of the molecule is O=C(Cc1ccc(F)cc1)Nc1nnc(SCc2ccc(F)cc2)s1. The fourth-order valence-corrected chi connectivity index (χ4v) is 3.72. The van der Waals surface area contributed by atoms with Gasteiger partial charge in [-0.05, 0) is 35.4 Å². The fraction of sp³-hybridized carbons (Fsp3) is 0.118. The standard InChI is InChI=1S/C17H13F2N3OS2/c18-13-5-1-11(2-6-13)9-15(23)20-16-21-22-17(25-16)24-10-12-3-7-14(19)8-4-12/h1-8H,9-10H2,(H,20,21,23). The van der Waals surface area contributed by atoms with Crippen molar-refractivity contribution < 1.29 is 13.6 Å². The number of aromatic nitrogens is 2. The summed E-state index contributed by atoms with van der Waals surface area (Å²) >= 11 is 2.73. The Labute approximate surface area is 151 Å². The smallest absolute Gasteiger partial charge is 0.230 e. The van der Waals surface area contributed by atoms with Gasteiger partial charge < -0.3 is 5.32 Å². The summed E-state index contributed by atoms with van der Waals surface area (Å²) in [6.07, 6.45) is 0.137. The molecule has 3 aromatic rings. The number of nitrogens with zero attached hydrogens (tertiary/aromatic N) is 2. The second-order valence-electron chi connectivity index (χ2n) is 5.14. The maximum atomic E-state index is 12.9. The topological polar surface area (TPSA) is 54.9 Å². The number of halogens is 2. The van der Waals surface area contributed by atoms with Gasteiger partial charge >= 0.3 is 0 Å². The van der Waals surface area contributed by atoms with Crippen molar-refractivity contribution in [2.24, 2.45) is 0 Å². The Morgan fingerprint density at radius 1 is 0.960 bits per heavy atom. The molecule has 25 heavy (non-hydrogen) atoms. The summed E-state index contributed by atoms with van der Waals surface area (Å²) in [6.45, 7) is 0. The van der Waals surface area contributed by atoms with Gasteiger partial charge in [-0.15, -0.1) is 10.2 Å². The molecule has 0 fully saturated rings. The second kappa shape index (κ2) is 8.17. The molecule has 0 atom stereocenters. The van der Waals surface area contributed by atoms with Crippen LogP contribution in [-0.2, 0) is 17.0 Å². The van der Waals surface area contributed by atoms with Gasteiger partial charge in [0, 0.05) is 5.75 Å². The van der Waals surface area contributed by atoms with E-state index < -0.39 is 0 Å².